The Morgan fingerprint density at radius 3 is 2.38 bits per heavy atom. The van der Waals surface area contributed by atoms with Crippen molar-refractivity contribution in [2.45, 2.75) is 6.42 Å². The lowest BCUT2D eigenvalue weighted by atomic mass is 10.0. The number of pyridine rings is 1. The van der Waals surface area contributed by atoms with Crippen LogP contribution in [0.1, 0.15) is 16.8 Å². The molecule has 0 atom stereocenters. The van der Waals surface area contributed by atoms with E-state index in [-0.39, 0.29) is 22.4 Å². The molecule has 47 heavy (non-hydrogen) atoms. The highest BCUT2D eigenvalue weighted by molar-refractivity contribution is 6.07. The minimum Gasteiger partial charge on any atom is -0.456 e. The van der Waals surface area contributed by atoms with Gasteiger partial charge in [0.15, 0.2) is 17.3 Å². The number of nitrogens with zero attached hydrogens (tertiary/aromatic N) is 3. The van der Waals surface area contributed by atoms with E-state index in [9.17, 15) is 9.59 Å². The number of fused-ring (bicyclic) bond motifs is 5. The smallest absolute Gasteiger partial charge is 0.256 e. The minimum atomic E-state index is -0.620. The van der Waals surface area contributed by atoms with E-state index in [0.29, 0.717) is 55.4 Å². The number of carbonyl (C=O) groups is 1. The second-order valence-corrected chi connectivity index (χ2v) is 12.2. The molecule has 0 radical (unpaired) electrons. The van der Waals surface area contributed by atoms with Gasteiger partial charge in [0.1, 0.15) is 27.9 Å². The van der Waals surface area contributed by atoms with Crippen LogP contribution in [-0.2, 0) is 9.47 Å². The zero-order valence-electron chi connectivity index (χ0n) is 26.0. The fourth-order valence-corrected chi connectivity index (χ4v) is 6.75. The monoisotopic (exact) mass is 641 g/mol. The zero-order valence-corrected chi connectivity index (χ0v) is 26.0. The largest absolute Gasteiger partial charge is 0.456 e. The molecule has 11 nitrogen and oxygen atoms in total. The van der Waals surface area contributed by atoms with Crippen LogP contribution >= 0.6 is 0 Å². The van der Waals surface area contributed by atoms with E-state index >= 15 is 4.39 Å². The van der Waals surface area contributed by atoms with Crippen LogP contribution in [0.3, 0.4) is 0 Å². The van der Waals surface area contributed by atoms with Crippen LogP contribution in [0.25, 0.3) is 38.5 Å². The first-order chi connectivity index (χ1) is 23.0. The Bertz CT molecular complexity index is 2050. The highest BCUT2D eigenvalue weighted by Gasteiger charge is 2.29. The summed E-state index contributed by atoms with van der Waals surface area (Å²) in [5, 5.41) is 7.97. The maximum atomic E-state index is 16.0. The third-order valence-electron chi connectivity index (χ3n) is 9.24. The molecule has 0 aliphatic carbocycles. The molecule has 3 aliphatic rings. The normalized spacial score (nSPS) is 16.8. The Balaban J connectivity index is 1.18. The molecule has 3 aromatic carbocycles. The van der Waals surface area contributed by atoms with Gasteiger partial charge < -0.3 is 33.8 Å². The highest BCUT2D eigenvalue weighted by Crippen LogP contribution is 2.47. The summed E-state index contributed by atoms with van der Waals surface area (Å²) in [6.07, 6.45) is 2.32. The molecule has 8 rings (SSSR count). The second kappa shape index (κ2) is 12.6. The number of amides is 1. The molecule has 0 spiro atoms. The number of anilines is 1. The van der Waals surface area contributed by atoms with E-state index in [1.165, 1.54) is 12.3 Å². The fraction of sp³-hybridized carbons (Fsp3) is 0.371. The van der Waals surface area contributed by atoms with E-state index < -0.39 is 17.2 Å². The van der Waals surface area contributed by atoms with Crippen LogP contribution in [0.5, 0.6) is 11.5 Å². The van der Waals surface area contributed by atoms with Crippen molar-refractivity contribution in [3.05, 3.63) is 70.3 Å². The first-order valence-electron chi connectivity index (χ1n) is 16.2. The van der Waals surface area contributed by atoms with Crippen LogP contribution in [0, 0.1) is 5.82 Å². The number of furan rings is 1. The number of nitrogens with one attached hydrogen (secondary N) is 2. The number of aromatic nitrogens is 1. The molecule has 1 amide bonds. The van der Waals surface area contributed by atoms with Gasteiger partial charge in [0.05, 0.1) is 37.5 Å². The van der Waals surface area contributed by atoms with Crippen LogP contribution < -0.4 is 20.8 Å². The first-order valence-corrected chi connectivity index (χ1v) is 16.2. The average Bonchev–Trinajstić information content (AvgIpc) is 3.46. The lowest BCUT2D eigenvalue weighted by Crippen LogP contribution is -2.42. The quantitative estimate of drug-likeness (QED) is 0.223. The van der Waals surface area contributed by atoms with Gasteiger partial charge in [-0.05, 0) is 31.2 Å². The fourth-order valence-electron chi connectivity index (χ4n) is 6.75. The molecular weight excluding hydrogens is 605 g/mol. The van der Waals surface area contributed by atoms with Crippen molar-refractivity contribution < 1.29 is 27.8 Å². The Hall–Kier alpha value is -4.49. The van der Waals surface area contributed by atoms with Crippen LogP contribution in [0.15, 0.2) is 57.9 Å². The molecule has 2 N–H and O–H groups in total. The third-order valence-corrected chi connectivity index (χ3v) is 9.24. The maximum absolute atomic E-state index is 16.0. The molecule has 5 heterocycles. The summed E-state index contributed by atoms with van der Waals surface area (Å²) in [6, 6.07) is 12.6. The number of carbonyl (C=O) groups excluding carboxylic acids is 1. The van der Waals surface area contributed by atoms with Gasteiger partial charge in [0.2, 0.25) is 5.43 Å². The van der Waals surface area contributed by atoms with E-state index in [2.05, 4.69) is 20.4 Å². The predicted molar refractivity (Wildman–Crippen MR) is 177 cm³/mol. The lowest BCUT2D eigenvalue weighted by Gasteiger charge is -2.27. The Labute approximate surface area is 269 Å². The molecule has 3 aliphatic heterocycles. The van der Waals surface area contributed by atoms with E-state index in [1.807, 2.05) is 36.4 Å². The Morgan fingerprint density at radius 1 is 0.851 bits per heavy atom. The van der Waals surface area contributed by atoms with Gasteiger partial charge >= 0.3 is 0 Å². The topological polar surface area (TPSA) is 110 Å². The summed E-state index contributed by atoms with van der Waals surface area (Å²) in [5.74, 6) is -0.464. The molecule has 12 heteroatoms. The van der Waals surface area contributed by atoms with Crippen molar-refractivity contribution in [2.75, 3.05) is 84.1 Å². The third kappa shape index (κ3) is 5.61. The Kier molecular flexibility index (Phi) is 8.01. The summed E-state index contributed by atoms with van der Waals surface area (Å²) in [5.41, 5.74) is 1.87. The number of halogens is 1. The zero-order chi connectivity index (χ0) is 31.9. The number of hydrogen-bond acceptors (Lipinski definition) is 9. The average molecular weight is 642 g/mol. The van der Waals surface area contributed by atoms with Crippen molar-refractivity contribution in [1.82, 2.24) is 19.7 Å². The van der Waals surface area contributed by atoms with Gasteiger partial charge in [-0.15, -0.1) is 0 Å². The highest BCUT2D eigenvalue weighted by atomic mass is 19.1. The van der Waals surface area contributed by atoms with Gasteiger partial charge in [-0.1, -0.05) is 18.2 Å². The predicted octanol–water partition coefficient (Wildman–Crippen LogP) is 4.33. The van der Waals surface area contributed by atoms with E-state index in [4.69, 9.17) is 18.6 Å². The van der Waals surface area contributed by atoms with Crippen molar-refractivity contribution >= 4 is 44.4 Å². The number of rotatable bonds is 9. The van der Waals surface area contributed by atoms with Crippen molar-refractivity contribution in [3.63, 3.8) is 0 Å². The van der Waals surface area contributed by atoms with Crippen LogP contribution in [0.4, 0.5) is 10.1 Å². The SMILES string of the molecule is O=C(NCCN1CCOCC1)c1cn2c3c(c(NCCCN4CCOCC4)c(F)cc3c1=O)Oc1cc3c(cc1-2)oc1ccccc13. The maximum Gasteiger partial charge on any atom is 0.256 e. The molecule has 2 saturated heterocycles. The van der Waals surface area contributed by atoms with Crippen molar-refractivity contribution in [2.24, 2.45) is 0 Å². The van der Waals surface area contributed by atoms with Crippen molar-refractivity contribution in [1.29, 1.82) is 0 Å². The molecular formula is C35H36FN5O6. The summed E-state index contributed by atoms with van der Waals surface area (Å²) >= 11 is 0. The second-order valence-electron chi connectivity index (χ2n) is 12.2. The number of ether oxygens (including phenoxy) is 3. The summed E-state index contributed by atoms with van der Waals surface area (Å²) in [7, 11) is 0. The molecule has 5 aromatic rings. The molecule has 0 saturated carbocycles. The molecule has 0 unspecified atom stereocenters. The first kappa shape index (κ1) is 29.9. The van der Waals surface area contributed by atoms with Gasteiger partial charge in [0, 0.05) is 68.8 Å². The number of hydrogen-bond donors (Lipinski definition) is 2. The summed E-state index contributed by atoms with van der Waals surface area (Å²) in [4.78, 5) is 31.8. The molecule has 2 aromatic heterocycles. The standard InChI is InChI=1S/C35H36FN5O6/c36-26-18-24-32-34(31(26)37-6-3-8-39-10-14-44-15-11-39)47-30-19-23-22-4-1-2-5-28(22)46-29(23)20-27(30)41(32)21-25(33(24)42)35(43)38-7-9-40-12-16-45-17-13-40/h1-2,4-5,18-21,37H,3,6-17H2,(H,38,43). The van der Waals surface area contributed by atoms with Crippen LogP contribution in [0.2, 0.25) is 0 Å². The van der Waals surface area contributed by atoms with Crippen molar-refractivity contribution in [3.8, 4) is 17.2 Å². The van der Waals surface area contributed by atoms with Gasteiger partial charge in [-0.2, -0.15) is 0 Å². The van der Waals surface area contributed by atoms with Gasteiger partial charge in [-0.25, -0.2) is 4.39 Å². The van der Waals surface area contributed by atoms with E-state index in [1.54, 1.807) is 4.57 Å². The lowest BCUT2D eigenvalue weighted by molar-refractivity contribution is 0.0378. The number of benzene rings is 3. The van der Waals surface area contributed by atoms with E-state index in [0.717, 1.165) is 68.7 Å². The summed E-state index contributed by atoms with van der Waals surface area (Å²) in [6.45, 7) is 8.43. The Morgan fingerprint density at radius 2 is 1.60 bits per heavy atom. The minimum absolute atomic E-state index is 0.0625. The number of para-hydroxylation sites is 1. The molecule has 244 valence electrons. The van der Waals surface area contributed by atoms with Gasteiger partial charge in [0.25, 0.3) is 5.91 Å². The molecule has 0 bridgehead atoms. The summed E-state index contributed by atoms with van der Waals surface area (Å²) < 4.78 is 41.2. The van der Waals surface area contributed by atoms with Crippen LogP contribution in [-0.4, -0.2) is 99.1 Å². The number of morpholine rings is 2. The molecule has 2 fully saturated rings. The van der Waals surface area contributed by atoms with Gasteiger partial charge in [-0.3, -0.25) is 19.4 Å².